The first-order chi connectivity index (χ1) is 8.58. The molecule has 0 aliphatic carbocycles. The number of nitrogens with one attached hydrogen (secondary N) is 1. The summed E-state index contributed by atoms with van der Waals surface area (Å²) in [5.74, 6) is 0. The third kappa shape index (κ3) is 3.37. The lowest BCUT2D eigenvalue weighted by atomic mass is 10.1. The van der Waals surface area contributed by atoms with E-state index in [1.54, 1.807) is 0 Å². The Labute approximate surface area is 132 Å². The molecule has 1 nitrogen and oxygen atoms in total. The zero-order valence-corrected chi connectivity index (χ0v) is 14.5. The highest BCUT2D eigenvalue weighted by molar-refractivity contribution is 9.11. The Bertz CT molecular complexity index is 534. The van der Waals surface area contributed by atoms with Crippen molar-refractivity contribution < 1.29 is 0 Å². The lowest BCUT2D eigenvalue weighted by molar-refractivity contribution is 0.881. The van der Waals surface area contributed by atoms with Gasteiger partial charge in [0.2, 0.25) is 0 Å². The summed E-state index contributed by atoms with van der Waals surface area (Å²) in [5, 5.41) is 3.51. The minimum absolute atomic E-state index is 0.234. The molecule has 4 heteroatoms. The van der Waals surface area contributed by atoms with E-state index in [1.807, 2.05) is 30.3 Å². The van der Waals surface area contributed by atoms with Crippen molar-refractivity contribution in [3.63, 3.8) is 0 Å². The maximum Gasteiger partial charge on any atom is 0.0633 e. The standard InChI is InChI=1S/C14H12Br3N/c1-9(10-4-2-5-11(15)8-10)18-14-12(16)6-3-7-13(14)17/h2-9,18H,1H3. The first kappa shape index (κ1) is 14.1. The summed E-state index contributed by atoms with van der Waals surface area (Å²) in [6, 6.07) is 14.6. The largest absolute Gasteiger partial charge is 0.377 e. The first-order valence-corrected chi connectivity index (χ1v) is 7.92. The number of hydrogen-bond donors (Lipinski definition) is 1. The molecule has 2 rings (SSSR count). The summed E-state index contributed by atoms with van der Waals surface area (Å²) >= 11 is 10.6. The fourth-order valence-electron chi connectivity index (χ4n) is 1.71. The van der Waals surface area contributed by atoms with Crippen molar-refractivity contribution in [1.29, 1.82) is 0 Å². The van der Waals surface area contributed by atoms with E-state index in [0.717, 1.165) is 19.1 Å². The second-order valence-electron chi connectivity index (χ2n) is 4.02. The third-order valence-electron chi connectivity index (χ3n) is 2.67. The van der Waals surface area contributed by atoms with Crippen LogP contribution in [-0.4, -0.2) is 0 Å². The number of anilines is 1. The maximum atomic E-state index is 3.56. The van der Waals surface area contributed by atoms with Crippen molar-refractivity contribution in [2.45, 2.75) is 13.0 Å². The molecule has 1 unspecified atom stereocenters. The van der Waals surface area contributed by atoms with E-state index in [0.29, 0.717) is 0 Å². The fraction of sp³-hybridized carbons (Fsp3) is 0.143. The predicted molar refractivity (Wildman–Crippen MR) is 88.0 cm³/mol. The highest BCUT2D eigenvalue weighted by Gasteiger charge is 2.10. The molecule has 0 amide bonds. The van der Waals surface area contributed by atoms with Gasteiger partial charge >= 0.3 is 0 Å². The predicted octanol–water partition coefficient (Wildman–Crippen LogP) is 6.15. The Morgan fingerprint density at radius 3 is 2.17 bits per heavy atom. The van der Waals surface area contributed by atoms with Crippen LogP contribution in [0.25, 0.3) is 0 Å². The molecule has 0 saturated carbocycles. The molecule has 1 N–H and O–H groups in total. The van der Waals surface area contributed by atoms with Crippen LogP contribution in [0, 0.1) is 0 Å². The van der Waals surface area contributed by atoms with Crippen molar-refractivity contribution in [1.82, 2.24) is 0 Å². The number of rotatable bonds is 3. The minimum atomic E-state index is 0.234. The summed E-state index contributed by atoms with van der Waals surface area (Å²) in [5.41, 5.74) is 2.32. The van der Waals surface area contributed by atoms with Crippen LogP contribution in [0.1, 0.15) is 18.5 Å². The van der Waals surface area contributed by atoms with E-state index in [1.165, 1.54) is 5.56 Å². The van der Waals surface area contributed by atoms with Gasteiger partial charge in [-0.2, -0.15) is 0 Å². The Morgan fingerprint density at radius 2 is 1.56 bits per heavy atom. The van der Waals surface area contributed by atoms with Crippen molar-refractivity contribution >= 4 is 53.5 Å². The molecule has 18 heavy (non-hydrogen) atoms. The Balaban J connectivity index is 2.24. The molecule has 1 atom stereocenters. The summed E-state index contributed by atoms with van der Waals surface area (Å²) in [6.07, 6.45) is 0. The van der Waals surface area contributed by atoms with Gasteiger partial charge in [-0.15, -0.1) is 0 Å². The molecule has 0 fully saturated rings. The van der Waals surface area contributed by atoms with Crippen molar-refractivity contribution in [3.05, 3.63) is 61.4 Å². The van der Waals surface area contributed by atoms with E-state index in [4.69, 9.17) is 0 Å². The molecule has 0 spiro atoms. The molecule has 0 radical (unpaired) electrons. The van der Waals surface area contributed by atoms with Crippen LogP contribution < -0.4 is 5.32 Å². The molecule has 0 bridgehead atoms. The van der Waals surface area contributed by atoms with Crippen molar-refractivity contribution in [2.24, 2.45) is 0 Å². The van der Waals surface area contributed by atoms with Crippen LogP contribution in [0.3, 0.4) is 0 Å². The average molecular weight is 434 g/mol. The lowest BCUT2D eigenvalue weighted by Crippen LogP contribution is -2.07. The highest BCUT2D eigenvalue weighted by Crippen LogP contribution is 2.33. The number of halogens is 3. The normalized spacial score (nSPS) is 12.2. The zero-order valence-electron chi connectivity index (χ0n) is 9.75. The van der Waals surface area contributed by atoms with E-state index >= 15 is 0 Å². The molecule has 0 aliphatic rings. The fourth-order valence-corrected chi connectivity index (χ4v) is 3.36. The summed E-state index contributed by atoms with van der Waals surface area (Å²) in [7, 11) is 0. The van der Waals surface area contributed by atoms with Gasteiger partial charge in [-0.1, -0.05) is 34.1 Å². The van der Waals surface area contributed by atoms with Gasteiger partial charge in [0.05, 0.1) is 5.69 Å². The van der Waals surface area contributed by atoms with Gasteiger partial charge in [-0.3, -0.25) is 0 Å². The molecule has 0 aromatic heterocycles. The van der Waals surface area contributed by atoms with Crippen molar-refractivity contribution in [3.8, 4) is 0 Å². The van der Waals surface area contributed by atoms with E-state index in [2.05, 4.69) is 72.2 Å². The summed E-state index contributed by atoms with van der Waals surface area (Å²) in [6.45, 7) is 2.15. The monoisotopic (exact) mass is 431 g/mol. The zero-order chi connectivity index (χ0) is 13.1. The van der Waals surface area contributed by atoms with Gasteiger partial charge in [-0.05, 0) is 68.6 Å². The molecule has 0 heterocycles. The molecular weight excluding hydrogens is 422 g/mol. The van der Waals surface area contributed by atoms with E-state index < -0.39 is 0 Å². The van der Waals surface area contributed by atoms with Crippen LogP contribution in [0.15, 0.2) is 55.9 Å². The van der Waals surface area contributed by atoms with Gasteiger partial charge in [0.25, 0.3) is 0 Å². The summed E-state index contributed by atoms with van der Waals surface area (Å²) < 4.78 is 3.21. The lowest BCUT2D eigenvalue weighted by Gasteiger charge is -2.18. The quantitative estimate of drug-likeness (QED) is 0.612. The SMILES string of the molecule is CC(Nc1c(Br)cccc1Br)c1cccc(Br)c1. The van der Waals surface area contributed by atoms with Gasteiger partial charge in [0.1, 0.15) is 0 Å². The molecule has 94 valence electrons. The molecule has 0 saturated heterocycles. The van der Waals surface area contributed by atoms with Crippen LogP contribution in [0.4, 0.5) is 5.69 Å². The van der Waals surface area contributed by atoms with Crippen LogP contribution in [0.2, 0.25) is 0 Å². The number of benzene rings is 2. The Morgan fingerprint density at radius 1 is 0.944 bits per heavy atom. The Hall–Kier alpha value is -0.320. The summed E-state index contributed by atoms with van der Waals surface area (Å²) in [4.78, 5) is 0. The molecule has 2 aromatic carbocycles. The number of para-hydroxylation sites is 1. The van der Waals surface area contributed by atoms with Crippen LogP contribution in [-0.2, 0) is 0 Å². The smallest absolute Gasteiger partial charge is 0.0633 e. The number of hydrogen-bond acceptors (Lipinski definition) is 1. The highest BCUT2D eigenvalue weighted by atomic mass is 79.9. The first-order valence-electron chi connectivity index (χ1n) is 5.54. The van der Waals surface area contributed by atoms with Crippen LogP contribution in [0.5, 0.6) is 0 Å². The molecule has 2 aromatic rings. The Kier molecular flexibility index (Phi) is 4.87. The van der Waals surface area contributed by atoms with Gasteiger partial charge in [0.15, 0.2) is 0 Å². The van der Waals surface area contributed by atoms with E-state index in [-0.39, 0.29) is 6.04 Å². The third-order valence-corrected chi connectivity index (χ3v) is 4.49. The average Bonchev–Trinajstić information content (AvgIpc) is 2.34. The molecule has 0 aliphatic heterocycles. The van der Waals surface area contributed by atoms with Gasteiger partial charge in [0, 0.05) is 19.5 Å². The van der Waals surface area contributed by atoms with Gasteiger partial charge < -0.3 is 5.32 Å². The van der Waals surface area contributed by atoms with Gasteiger partial charge in [-0.25, -0.2) is 0 Å². The maximum absolute atomic E-state index is 3.56. The second kappa shape index (κ2) is 6.22. The van der Waals surface area contributed by atoms with Crippen LogP contribution >= 0.6 is 47.8 Å². The molecular formula is C14H12Br3N. The topological polar surface area (TPSA) is 12.0 Å². The van der Waals surface area contributed by atoms with Crippen molar-refractivity contribution in [2.75, 3.05) is 5.32 Å². The minimum Gasteiger partial charge on any atom is -0.377 e. The second-order valence-corrected chi connectivity index (χ2v) is 6.64. The van der Waals surface area contributed by atoms with E-state index in [9.17, 15) is 0 Å².